The summed E-state index contributed by atoms with van der Waals surface area (Å²) in [6.45, 7) is 8.69. The molecule has 0 N–H and O–H groups in total. The minimum Gasteiger partial charge on any atom is -0.456 e. The van der Waals surface area contributed by atoms with Gasteiger partial charge in [0.15, 0.2) is 0 Å². The zero-order chi connectivity index (χ0) is 19.4. The highest BCUT2D eigenvalue weighted by molar-refractivity contribution is 7.97. The molecule has 140 valence electrons. The molecule has 0 spiro atoms. The van der Waals surface area contributed by atoms with Crippen LogP contribution >= 0.6 is 11.9 Å². The lowest BCUT2D eigenvalue weighted by molar-refractivity contribution is -0.129. The molecule has 1 heterocycles. The highest BCUT2D eigenvalue weighted by Crippen LogP contribution is 2.36. The number of rotatable bonds is 4. The number of carbonyl (C=O) groups is 1. The summed E-state index contributed by atoms with van der Waals surface area (Å²) in [5.41, 5.74) is 2.90. The molecule has 1 fully saturated rings. The summed E-state index contributed by atoms with van der Waals surface area (Å²) < 4.78 is 8.36. The van der Waals surface area contributed by atoms with Gasteiger partial charge in [0.1, 0.15) is 11.5 Å². The molecule has 1 saturated heterocycles. The van der Waals surface area contributed by atoms with Gasteiger partial charge in [-0.3, -0.25) is 4.79 Å². The SMILES string of the molecule is CC(=O)N1CCN(Sc2cc(C#N)ccc2Oc2cc(C)cc(C)c2)CC1. The van der Waals surface area contributed by atoms with E-state index in [9.17, 15) is 10.1 Å². The minimum absolute atomic E-state index is 0.116. The number of amides is 1. The van der Waals surface area contributed by atoms with E-state index in [1.54, 1.807) is 24.9 Å². The third-order valence-corrected chi connectivity index (χ3v) is 5.55. The molecule has 1 aliphatic rings. The third kappa shape index (κ3) is 5.03. The van der Waals surface area contributed by atoms with Crippen molar-refractivity contribution >= 4 is 17.9 Å². The number of nitriles is 1. The highest BCUT2D eigenvalue weighted by Gasteiger charge is 2.21. The van der Waals surface area contributed by atoms with Crippen LogP contribution in [-0.4, -0.2) is 41.3 Å². The van der Waals surface area contributed by atoms with Crippen LogP contribution in [0.5, 0.6) is 11.5 Å². The van der Waals surface area contributed by atoms with Crippen LogP contribution in [0.15, 0.2) is 41.3 Å². The maximum absolute atomic E-state index is 11.5. The normalized spacial score (nSPS) is 14.7. The van der Waals surface area contributed by atoms with E-state index < -0.39 is 0 Å². The first-order valence-electron chi connectivity index (χ1n) is 8.93. The first-order valence-corrected chi connectivity index (χ1v) is 9.70. The molecule has 5 nitrogen and oxygen atoms in total. The lowest BCUT2D eigenvalue weighted by Gasteiger charge is -2.33. The topological polar surface area (TPSA) is 56.6 Å². The van der Waals surface area contributed by atoms with E-state index in [-0.39, 0.29) is 5.91 Å². The summed E-state index contributed by atoms with van der Waals surface area (Å²) in [5, 5.41) is 9.26. The predicted octanol–water partition coefficient (Wildman–Crippen LogP) is 4.14. The van der Waals surface area contributed by atoms with E-state index in [0.717, 1.165) is 40.6 Å². The Bertz CT molecular complexity index is 863. The Morgan fingerprint density at radius 1 is 1.07 bits per heavy atom. The molecular weight excluding hydrogens is 358 g/mol. The van der Waals surface area contributed by atoms with Gasteiger partial charge < -0.3 is 9.64 Å². The molecule has 27 heavy (non-hydrogen) atoms. The van der Waals surface area contributed by atoms with Gasteiger partial charge in [0, 0.05) is 33.1 Å². The summed E-state index contributed by atoms with van der Waals surface area (Å²) in [6.07, 6.45) is 0. The molecule has 2 aromatic rings. The minimum atomic E-state index is 0.116. The number of hydrogen-bond donors (Lipinski definition) is 0. The van der Waals surface area contributed by atoms with E-state index in [2.05, 4.69) is 16.4 Å². The Morgan fingerprint density at radius 3 is 2.33 bits per heavy atom. The van der Waals surface area contributed by atoms with E-state index in [1.165, 1.54) is 0 Å². The molecular formula is C21H23N3O2S. The largest absolute Gasteiger partial charge is 0.456 e. The number of hydrogen-bond acceptors (Lipinski definition) is 5. The summed E-state index contributed by atoms with van der Waals surface area (Å²) in [4.78, 5) is 14.3. The standard InChI is InChI=1S/C21H23N3O2S/c1-15-10-16(2)12-19(11-15)26-20-5-4-18(14-22)13-21(20)27-24-8-6-23(7-9-24)17(3)25/h4-5,10-13H,6-9H2,1-3H3. The fourth-order valence-corrected chi connectivity index (χ4v) is 4.09. The lowest BCUT2D eigenvalue weighted by atomic mass is 10.1. The molecule has 0 unspecified atom stereocenters. The number of aryl methyl sites for hydroxylation is 2. The Kier molecular flexibility index (Phi) is 6.04. The summed E-state index contributed by atoms with van der Waals surface area (Å²) in [5.74, 6) is 1.64. The van der Waals surface area contributed by atoms with Crippen molar-refractivity contribution in [2.24, 2.45) is 0 Å². The molecule has 0 saturated carbocycles. The average molecular weight is 382 g/mol. The van der Waals surface area contributed by atoms with Gasteiger partial charge in [0.2, 0.25) is 5.91 Å². The van der Waals surface area contributed by atoms with E-state index >= 15 is 0 Å². The number of piperazine rings is 1. The van der Waals surface area contributed by atoms with Crippen molar-refractivity contribution < 1.29 is 9.53 Å². The third-order valence-electron chi connectivity index (χ3n) is 4.41. The van der Waals surface area contributed by atoms with E-state index in [0.29, 0.717) is 18.7 Å². The van der Waals surface area contributed by atoms with Crippen LogP contribution in [-0.2, 0) is 4.79 Å². The Morgan fingerprint density at radius 2 is 1.74 bits per heavy atom. The van der Waals surface area contributed by atoms with Crippen LogP contribution in [0.2, 0.25) is 0 Å². The van der Waals surface area contributed by atoms with Gasteiger partial charge in [0.05, 0.1) is 16.5 Å². The quantitative estimate of drug-likeness (QED) is 0.745. The second-order valence-electron chi connectivity index (χ2n) is 6.73. The fraction of sp³-hybridized carbons (Fsp3) is 0.333. The molecule has 1 amide bonds. The predicted molar refractivity (Wildman–Crippen MR) is 107 cm³/mol. The average Bonchev–Trinajstić information content (AvgIpc) is 2.62. The van der Waals surface area contributed by atoms with Crippen molar-refractivity contribution in [1.82, 2.24) is 9.21 Å². The number of ether oxygens (including phenoxy) is 1. The van der Waals surface area contributed by atoms with Crippen molar-refractivity contribution in [1.29, 1.82) is 5.26 Å². The molecule has 0 aromatic heterocycles. The number of carbonyl (C=O) groups excluding carboxylic acids is 1. The molecule has 2 aromatic carbocycles. The Balaban J connectivity index is 1.79. The van der Waals surface area contributed by atoms with Crippen molar-refractivity contribution in [2.45, 2.75) is 25.7 Å². The van der Waals surface area contributed by atoms with Gasteiger partial charge in [0.25, 0.3) is 0 Å². The van der Waals surface area contributed by atoms with E-state index in [4.69, 9.17) is 4.74 Å². The maximum atomic E-state index is 11.5. The van der Waals surface area contributed by atoms with Crippen LogP contribution in [0, 0.1) is 25.2 Å². The first-order chi connectivity index (χ1) is 12.9. The molecule has 0 radical (unpaired) electrons. The highest BCUT2D eigenvalue weighted by atomic mass is 32.2. The molecule has 0 atom stereocenters. The summed E-state index contributed by atoms with van der Waals surface area (Å²) in [7, 11) is 0. The zero-order valence-electron chi connectivity index (χ0n) is 15.9. The second kappa shape index (κ2) is 8.47. The Labute approximate surface area is 164 Å². The van der Waals surface area contributed by atoms with Crippen LogP contribution in [0.1, 0.15) is 23.6 Å². The lowest BCUT2D eigenvalue weighted by Crippen LogP contribution is -2.45. The van der Waals surface area contributed by atoms with Crippen molar-refractivity contribution in [3.8, 4) is 17.6 Å². The van der Waals surface area contributed by atoms with Crippen LogP contribution in [0.3, 0.4) is 0 Å². The van der Waals surface area contributed by atoms with Gasteiger partial charge in [-0.1, -0.05) is 6.07 Å². The van der Waals surface area contributed by atoms with Crippen molar-refractivity contribution in [3.05, 3.63) is 53.1 Å². The van der Waals surface area contributed by atoms with Gasteiger partial charge in [-0.2, -0.15) is 5.26 Å². The van der Waals surface area contributed by atoms with Crippen LogP contribution in [0.25, 0.3) is 0 Å². The fourth-order valence-electron chi connectivity index (χ4n) is 3.09. The maximum Gasteiger partial charge on any atom is 0.219 e. The zero-order valence-corrected chi connectivity index (χ0v) is 16.7. The number of nitrogens with zero attached hydrogens (tertiary/aromatic N) is 3. The molecule has 1 aliphatic heterocycles. The summed E-state index contributed by atoms with van der Waals surface area (Å²) in [6, 6.07) is 13.8. The van der Waals surface area contributed by atoms with Crippen LogP contribution in [0.4, 0.5) is 0 Å². The van der Waals surface area contributed by atoms with Gasteiger partial charge in [-0.25, -0.2) is 4.31 Å². The van der Waals surface area contributed by atoms with Gasteiger partial charge in [-0.05, 0) is 67.3 Å². The number of benzene rings is 2. The summed E-state index contributed by atoms with van der Waals surface area (Å²) >= 11 is 1.58. The van der Waals surface area contributed by atoms with Gasteiger partial charge >= 0.3 is 0 Å². The van der Waals surface area contributed by atoms with Gasteiger partial charge in [-0.15, -0.1) is 0 Å². The monoisotopic (exact) mass is 381 g/mol. The van der Waals surface area contributed by atoms with Crippen molar-refractivity contribution in [3.63, 3.8) is 0 Å². The smallest absolute Gasteiger partial charge is 0.219 e. The second-order valence-corrected chi connectivity index (χ2v) is 7.86. The molecule has 0 bridgehead atoms. The molecule has 0 aliphatic carbocycles. The Hall–Kier alpha value is -2.49. The first kappa shape index (κ1) is 19.3. The molecule has 3 rings (SSSR count). The van der Waals surface area contributed by atoms with Crippen LogP contribution < -0.4 is 4.74 Å². The van der Waals surface area contributed by atoms with Crippen molar-refractivity contribution in [2.75, 3.05) is 26.2 Å². The van der Waals surface area contributed by atoms with E-state index in [1.807, 2.05) is 43.0 Å². The molecule has 6 heteroatoms.